The number of nitrogens with two attached hydrogens (primary N) is 1. The number of hydrogen-bond donors (Lipinski definition) is 2. The van der Waals surface area contributed by atoms with Crippen molar-refractivity contribution < 1.29 is 9.47 Å². The molecule has 6 nitrogen and oxygen atoms in total. The predicted molar refractivity (Wildman–Crippen MR) is 74.3 cm³/mol. The average Bonchev–Trinajstić information content (AvgIpc) is 2.94. The summed E-state index contributed by atoms with van der Waals surface area (Å²) in [7, 11) is 0. The monoisotopic (exact) mass is 280 g/mol. The fourth-order valence-corrected chi connectivity index (χ4v) is 2.87. The van der Waals surface area contributed by atoms with Crippen LogP contribution in [0.15, 0.2) is 11.4 Å². The van der Waals surface area contributed by atoms with Gasteiger partial charge in [0.25, 0.3) is 0 Å². The molecule has 19 heavy (non-hydrogen) atoms. The van der Waals surface area contributed by atoms with Crippen LogP contribution in [0.5, 0.6) is 5.88 Å². The zero-order valence-corrected chi connectivity index (χ0v) is 11.3. The van der Waals surface area contributed by atoms with Gasteiger partial charge in [-0.1, -0.05) is 0 Å². The number of rotatable bonds is 4. The number of nitrogen functional groups attached to an aromatic ring is 1. The minimum absolute atomic E-state index is 0.386. The number of thiophene rings is 1. The molecule has 0 bridgehead atoms. The Morgan fingerprint density at radius 1 is 1.42 bits per heavy atom. The van der Waals surface area contributed by atoms with E-state index in [4.69, 9.17) is 15.3 Å². The highest BCUT2D eigenvalue weighted by Crippen LogP contribution is 2.28. The minimum atomic E-state index is 0.386. The summed E-state index contributed by atoms with van der Waals surface area (Å²) in [5.74, 6) is 6.90. The third-order valence-electron chi connectivity index (χ3n) is 3.22. The highest BCUT2D eigenvalue weighted by atomic mass is 32.1. The number of anilines is 1. The van der Waals surface area contributed by atoms with Gasteiger partial charge in [-0.05, 0) is 30.2 Å². The molecule has 7 heteroatoms. The average molecular weight is 280 g/mol. The van der Waals surface area contributed by atoms with Crippen LogP contribution < -0.4 is 16.0 Å². The SMILES string of the molecule is NNc1nc(OCC2CCOCC2)c2ccsc2n1. The van der Waals surface area contributed by atoms with E-state index in [9.17, 15) is 0 Å². The van der Waals surface area contributed by atoms with Gasteiger partial charge >= 0.3 is 0 Å². The van der Waals surface area contributed by atoms with Gasteiger partial charge in [0.2, 0.25) is 11.8 Å². The number of nitrogens with zero attached hydrogens (tertiary/aromatic N) is 2. The lowest BCUT2D eigenvalue weighted by Gasteiger charge is -2.21. The van der Waals surface area contributed by atoms with Crippen LogP contribution in [0.25, 0.3) is 10.2 Å². The third-order valence-corrected chi connectivity index (χ3v) is 4.02. The van der Waals surface area contributed by atoms with Crippen molar-refractivity contribution in [3.63, 3.8) is 0 Å². The minimum Gasteiger partial charge on any atom is -0.477 e. The molecule has 0 radical (unpaired) electrons. The van der Waals surface area contributed by atoms with Crippen molar-refractivity contribution in [3.05, 3.63) is 11.4 Å². The second-order valence-corrected chi connectivity index (χ2v) is 5.40. The zero-order valence-electron chi connectivity index (χ0n) is 10.5. The van der Waals surface area contributed by atoms with Gasteiger partial charge in [-0.3, -0.25) is 5.43 Å². The van der Waals surface area contributed by atoms with E-state index in [1.165, 1.54) is 0 Å². The van der Waals surface area contributed by atoms with Crippen molar-refractivity contribution in [1.82, 2.24) is 9.97 Å². The topological polar surface area (TPSA) is 82.3 Å². The van der Waals surface area contributed by atoms with Gasteiger partial charge in [-0.2, -0.15) is 4.98 Å². The van der Waals surface area contributed by atoms with Gasteiger partial charge in [0.1, 0.15) is 4.83 Å². The summed E-state index contributed by atoms with van der Waals surface area (Å²) in [6.45, 7) is 2.30. The van der Waals surface area contributed by atoms with Gasteiger partial charge in [-0.25, -0.2) is 10.8 Å². The molecular formula is C12H16N4O2S. The molecule has 1 saturated heterocycles. The highest BCUT2D eigenvalue weighted by molar-refractivity contribution is 7.16. The van der Waals surface area contributed by atoms with Gasteiger partial charge in [0, 0.05) is 13.2 Å². The molecule has 3 N–H and O–H groups in total. The van der Waals surface area contributed by atoms with E-state index in [0.29, 0.717) is 24.4 Å². The quantitative estimate of drug-likeness (QED) is 0.656. The first-order valence-corrected chi connectivity index (χ1v) is 7.17. The Bertz CT molecular complexity index is 554. The molecule has 3 rings (SSSR count). The molecule has 0 unspecified atom stereocenters. The number of fused-ring (bicyclic) bond motifs is 1. The Morgan fingerprint density at radius 3 is 3.05 bits per heavy atom. The Balaban J connectivity index is 1.77. The molecular weight excluding hydrogens is 264 g/mol. The van der Waals surface area contributed by atoms with E-state index in [0.717, 1.165) is 36.3 Å². The summed E-state index contributed by atoms with van der Waals surface area (Å²) < 4.78 is 11.2. The van der Waals surface area contributed by atoms with E-state index in [1.54, 1.807) is 11.3 Å². The van der Waals surface area contributed by atoms with Gasteiger partial charge in [0.05, 0.1) is 12.0 Å². The molecule has 0 amide bonds. The van der Waals surface area contributed by atoms with Crippen LogP contribution in [-0.4, -0.2) is 29.8 Å². The van der Waals surface area contributed by atoms with E-state index in [2.05, 4.69) is 15.4 Å². The summed E-state index contributed by atoms with van der Waals surface area (Å²) in [6.07, 6.45) is 2.08. The zero-order chi connectivity index (χ0) is 13.1. The van der Waals surface area contributed by atoms with Crippen molar-refractivity contribution in [2.24, 2.45) is 11.8 Å². The van der Waals surface area contributed by atoms with Crippen molar-refractivity contribution in [2.75, 3.05) is 25.2 Å². The standard InChI is InChI=1S/C12H16N4O2S/c13-16-12-14-10(9-3-6-19-11(9)15-12)18-7-8-1-4-17-5-2-8/h3,6,8H,1-2,4-5,7,13H2,(H,14,15,16). The van der Waals surface area contributed by atoms with Crippen LogP contribution in [0.3, 0.4) is 0 Å². The summed E-state index contributed by atoms with van der Waals surface area (Å²) in [5, 5.41) is 2.91. The van der Waals surface area contributed by atoms with Crippen molar-refractivity contribution in [3.8, 4) is 5.88 Å². The molecule has 0 aromatic carbocycles. The maximum absolute atomic E-state index is 5.86. The predicted octanol–water partition coefficient (Wildman–Crippen LogP) is 1.78. The maximum atomic E-state index is 5.86. The van der Waals surface area contributed by atoms with E-state index in [-0.39, 0.29) is 0 Å². The Labute approximate surface area is 114 Å². The summed E-state index contributed by atoms with van der Waals surface area (Å²) in [6, 6.07) is 1.97. The lowest BCUT2D eigenvalue weighted by Crippen LogP contribution is -2.22. The molecule has 2 aromatic heterocycles. The number of ether oxygens (including phenoxy) is 2. The molecule has 3 heterocycles. The van der Waals surface area contributed by atoms with Crippen LogP contribution in [0.2, 0.25) is 0 Å². The second kappa shape index (κ2) is 5.68. The van der Waals surface area contributed by atoms with Crippen LogP contribution in [0, 0.1) is 5.92 Å². The van der Waals surface area contributed by atoms with Crippen molar-refractivity contribution in [1.29, 1.82) is 0 Å². The molecule has 2 aromatic rings. The lowest BCUT2D eigenvalue weighted by molar-refractivity contribution is 0.0493. The Morgan fingerprint density at radius 2 is 2.26 bits per heavy atom. The summed E-state index contributed by atoms with van der Waals surface area (Å²) in [5.41, 5.74) is 2.47. The van der Waals surface area contributed by atoms with E-state index in [1.807, 2.05) is 11.4 Å². The molecule has 1 fully saturated rings. The van der Waals surface area contributed by atoms with Gasteiger partial charge in [-0.15, -0.1) is 11.3 Å². The maximum Gasteiger partial charge on any atom is 0.241 e. The van der Waals surface area contributed by atoms with Gasteiger partial charge < -0.3 is 9.47 Å². The van der Waals surface area contributed by atoms with Crippen molar-refractivity contribution >= 4 is 27.5 Å². The number of nitrogens with one attached hydrogen (secondary N) is 1. The molecule has 0 atom stereocenters. The van der Waals surface area contributed by atoms with Gasteiger partial charge in [0.15, 0.2) is 0 Å². The third kappa shape index (κ3) is 2.78. The summed E-state index contributed by atoms with van der Waals surface area (Å²) >= 11 is 1.55. The van der Waals surface area contributed by atoms with Crippen LogP contribution in [0.4, 0.5) is 5.95 Å². The van der Waals surface area contributed by atoms with Crippen LogP contribution >= 0.6 is 11.3 Å². The van der Waals surface area contributed by atoms with E-state index >= 15 is 0 Å². The number of hydrazine groups is 1. The molecule has 1 aliphatic heterocycles. The molecule has 1 aliphatic rings. The largest absolute Gasteiger partial charge is 0.477 e. The first-order chi connectivity index (χ1) is 9.36. The fourth-order valence-electron chi connectivity index (χ4n) is 2.11. The van der Waals surface area contributed by atoms with Crippen LogP contribution in [0.1, 0.15) is 12.8 Å². The first-order valence-electron chi connectivity index (χ1n) is 6.29. The fraction of sp³-hybridized carbons (Fsp3) is 0.500. The molecule has 0 aliphatic carbocycles. The first kappa shape index (κ1) is 12.6. The smallest absolute Gasteiger partial charge is 0.241 e. The number of hydrogen-bond acceptors (Lipinski definition) is 7. The molecule has 0 spiro atoms. The Hall–Kier alpha value is -1.44. The second-order valence-electron chi connectivity index (χ2n) is 4.50. The van der Waals surface area contributed by atoms with E-state index < -0.39 is 0 Å². The van der Waals surface area contributed by atoms with Crippen LogP contribution in [-0.2, 0) is 4.74 Å². The summed E-state index contributed by atoms with van der Waals surface area (Å²) in [4.78, 5) is 9.44. The molecule has 0 saturated carbocycles. The number of aromatic nitrogens is 2. The molecule has 102 valence electrons. The lowest BCUT2D eigenvalue weighted by atomic mass is 10.0. The highest BCUT2D eigenvalue weighted by Gasteiger charge is 2.16. The van der Waals surface area contributed by atoms with Crippen molar-refractivity contribution in [2.45, 2.75) is 12.8 Å². The normalized spacial score (nSPS) is 16.7. The Kier molecular flexibility index (Phi) is 3.77.